The molecule has 25 heavy (non-hydrogen) atoms. The van der Waals surface area contributed by atoms with Gasteiger partial charge in [0.25, 0.3) is 0 Å². The Kier molecular flexibility index (Phi) is 5.14. The van der Waals surface area contributed by atoms with Gasteiger partial charge in [0, 0.05) is 16.9 Å². The first kappa shape index (κ1) is 16.8. The molecule has 3 nitrogen and oxygen atoms in total. The van der Waals surface area contributed by atoms with Gasteiger partial charge in [-0.2, -0.15) is 0 Å². The predicted molar refractivity (Wildman–Crippen MR) is 105 cm³/mol. The van der Waals surface area contributed by atoms with Gasteiger partial charge < -0.3 is 10.6 Å². The summed E-state index contributed by atoms with van der Waals surface area (Å²) in [5.74, 6) is -0.0649. The van der Waals surface area contributed by atoms with Crippen LogP contribution in [0.4, 0.5) is 11.4 Å². The van der Waals surface area contributed by atoms with Crippen molar-refractivity contribution in [3.05, 3.63) is 84.4 Å². The van der Waals surface area contributed by atoms with Crippen molar-refractivity contribution >= 4 is 17.3 Å². The number of anilines is 2. The molecule has 126 valence electrons. The lowest BCUT2D eigenvalue weighted by Gasteiger charge is -2.17. The summed E-state index contributed by atoms with van der Waals surface area (Å²) in [6, 6.07) is 25.6. The number of amides is 1. The maximum Gasteiger partial charge on any atom is 0.246 e. The predicted octanol–water partition coefficient (Wildman–Crippen LogP) is 5.10. The topological polar surface area (TPSA) is 41.1 Å². The average molecular weight is 330 g/mol. The first-order valence-electron chi connectivity index (χ1n) is 8.42. The Morgan fingerprint density at radius 1 is 0.880 bits per heavy atom. The second-order valence-corrected chi connectivity index (χ2v) is 6.14. The molecule has 0 fully saturated rings. The zero-order valence-electron chi connectivity index (χ0n) is 14.5. The van der Waals surface area contributed by atoms with Gasteiger partial charge in [0.05, 0.1) is 0 Å². The highest BCUT2D eigenvalue weighted by Crippen LogP contribution is 2.27. The van der Waals surface area contributed by atoms with Crippen molar-refractivity contribution in [3.8, 4) is 11.1 Å². The molecule has 3 heteroatoms. The first-order valence-corrected chi connectivity index (χ1v) is 8.42. The van der Waals surface area contributed by atoms with E-state index in [0.717, 1.165) is 28.1 Å². The van der Waals surface area contributed by atoms with E-state index < -0.39 is 0 Å². The lowest BCUT2D eigenvalue weighted by atomic mass is 10.0. The van der Waals surface area contributed by atoms with Gasteiger partial charge in [0.1, 0.15) is 6.04 Å². The van der Waals surface area contributed by atoms with E-state index in [1.54, 1.807) is 0 Å². The quantitative estimate of drug-likeness (QED) is 0.683. The van der Waals surface area contributed by atoms with E-state index in [-0.39, 0.29) is 11.9 Å². The highest BCUT2D eigenvalue weighted by atomic mass is 16.2. The maximum absolute atomic E-state index is 12.6. The fraction of sp³-hybridized carbons (Fsp3) is 0.136. The van der Waals surface area contributed by atoms with Crippen molar-refractivity contribution in [2.45, 2.75) is 19.9 Å². The molecule has 0 unspecified atom stereocenters. The van der Waals surface area contributed by atoms with Crippen molar-refractivity contribution in [2.75, 3.05) is 10.6 Å². The number of carbonyl (C=O) groups excluding carboxylic acids is 1. The SMILES string of the molecule is Cc1cccc(N[C@@H](C)C(=O)Nc2ccccc2-c2ccccc2)c1. The molecule has 3 aromatic rings. The summed E-state index contributed by atoms with van der Waals surface area (Å²) >= 11 is 0. The summed E-state index contributed by atoms with van der Waals surface area (Å²) < 4.78 is 0. The van der Waals surface area contributed by atoms with Gasteiger partial charge in [-0.1, -0.05) is 60.7 Å². The minimum absolute atomic E-state index is 0.0649. The smallest absolute Gasteiger partial charge is 0.246 e. The summed E-state index contributed by atoms with van der Waals surface area (Å²) in [5.41, 5.74) is 5.01. The number of benzene rings is 3. The molecule has 0 saturated carbocycles. The number of hydrogen-bond acceptors (Lipinski definition) is 2. The van der Waals surface area contributed by atoms with E-state index in [4.69, 9.17) is 0 Å². The zero-order valence-corrected chi connectivity index (χ0v) is 14.5. The highest BCUT2D eigenvalue weighted by Gasteiger charge is 2.15. The van der Waals surface area contributed by atoms with E-state index in [9.17, 15) is 4.79 Å². The lowest BCUT2D eigenvalue weighted by Crippen LogP contribution is -2.32. The zero-order chi connectivity index (χ0) is 17.6. The van der Waals surface area contributed by atoms with E-state index in [1.807, 2.05) is 92.7 Å². The van der Waals surface area contributed by atoms with Gasteiger partial charge in [-0.15, -0.1) is 0 Å². The number of para-hydroxylation sites is 1. The van der Waals surface area contributed by atoms with Crippen molar-refractivity contribution in [1.82, 2.24) is 0 Å². The number of aryl methyl sites for hydroxylation is 1. The standard InChI is InChI=1S/C22H22N2O/c1-16-9-8-12-19(15-16)23-17(2)22(25)24-21-14-7-6-13-20(21)18-10-4-3-5-11-18/h3-15,17,23H,1-2H3,(H,24,25)/t17-/m0/s1. The van der Waals surface area contributed by atoms with Crippen LogP contribution < -0.4 is 10.6 Å². The monoisotopic (exact) mass is 330 g/mol. The molecule has 0 bridgehead atoms. The van der Waals surface area contributed by atoms with Crippen LogP contribution in [0.25, 0.3) is 11.1 Å². The molecule has 0 aromatic heterocycles. The van der Waals surface area contributed by atoms with Crippen molar-refractivity contribution < 1.29 is 4.79 Å². The van der Waals surface area contributed by atoms with Crippen LogP contribution in [-0.2, 0) is 4.79 Å². The van der Waals surface area contributed by atoms with Crippen LogP contribution in [0.15, 0.2) is 78.9 Å². The van der Waals surface area contributed by atoms with Gasteiger partial charge in [-0.05, 0) is 43.2 Å². The van der Waals surface area contributed by atoms with Crippen molar-refractivity contribution in [2.24, 2.45) is 0 Å². The average Bonchev–Trinajstić information content (AvgIpc) is 2.63. The van der Waals surface area contributed by atoms with Crippen LogP contribution in [0.5, 0.6) is 0 Å². The Balaban J connectivity index is 1.75. The Hall–Kier alpha value is -3.07. The van der Waals surface area contributed by atoms with Gasteiger partial charge in [0.15, 0.2) is 0 Å². The highest BCUT2D eigenvalue weighted by molar-refractivity contribution is 5.99. The molecule has 1 amide bonds. The summed E-state index contributed by atoms with van der Waals surface area (Å²) in [7, 11) is 0. The Bertz CT molecular complexity index is 859. The molecule has 0 heterocycles. The van der Waals surface area contributed by atoms with Crippen LogP contribution >= 0.6 is 0 Å². The van der Waals surface area contributed by atoms with Gasteiger partial charge in [-0.3, -0.25) is 4.79 Å². The van der Waals surface area contributed by atoms with E-state index in [1.165, 1.54) is 0 Å². The minimum atomic E-state index is -0.342. The van der Waals surface area contributed by atoms with Crippen LogP contribution in [0, 0.1) is 6.92 Å². The maximum atomic E-state index is 12.6. The lowest BCUT2D eigenvalue weighted by molar-refractivity contribution is -0.116. The fourth-order valence-electron chi connectivity index (χ4n) is 2.75. The second-order valence-electron chi connectivity index (χ2n) is 6.14. The third-order valence-corrected chi connectivity index (χ3v) is 4.06. The summed E-state index contributed by atoms with van der Waals surface area (Å²) in [6.07, 6.45) is 0. The first-order chi connectivity index (χ1) is 12.1. The molecule has 0 saturated heterocycles. The summed E-state index contributed by atoms with van der Waals surface area (Å²) in [5, 5.41) is 6.29. The Morgan fingerprint density at radius 2 is 1.60 bits per heavy atom. The minimum Gasteiger partial charge on any atom is -0.374 e. The van der Waals surface area contributed by atoms with Crippen LogP contribution in [0.1, 0.15) is 12.5 Å². The van der Waals surface area contributed by atoms with Gasteiger partial charge in [0.2, 0.25) is 5.91 Å². The Morgan fingerprint density at radius 3 is 2.36 bits per heavy atom. The largest absolute Gasteiger partial charge is 0.374 e. The molecule has 3 rings (SSSR count). The molecule has 2 N–H and O–H groups in total. The van der Waals surface area contributed by atoms with E-state index >= 15 is 0 Å². The molecule has 0 aliphatic rings. The number of rotatable bonds is 5. The number of carbonyl (C=O) groups is 1. The molecule has 0 spiro atoms. The van der Waals surface area contributed by atoms with Crippen LogP contribution in [0.3, 0.4) is 0 Å². The Labute approximate surface area is 148 Å². The van der Waals surface area contributed by atoms with Gasteiger partial charge >= 0.3 is 0 Å². The van der Waals surface area contributed by atoms with Crippen LogP contribution in [-0.4, -0.2) is 11.9 Å². The fourth-order valence-corrected chi connectivity index (χ4v) is 2.75. The molecule has 1 atom stereocenters. The summed E-state index contributed by atoms with van der Waals surface area (Å²) in [6.45, 7) is 3.90. The molecule has 0 aliphatic heterocycles. The molecule has 0 aliphatic carbocycles. The normalized spacial score (nSPS) is 11.6. The molecular weight excluding hydrogens is 308 g/mol. The van der Waals surface area contributed by atoms with E-state index in [2.05, 4.69) is 10.6 Å². The molecule has 0 radical (unpaired) electrons. The van der Waals surface area contributed by atoms with Crippen LogP contribution in [0.2, 0.25) is 0 Å². The third kappa shape index (κ3) is 4.27. The number of nitrogens with one attached hydrogen (secondary N) is 2. The van der Waals surface area contributed by atoms with Gasteiger partial charge in [-0.25, -0.2) is 0 Å². The molecular formula is C22H22N2O. The van der Waals surface area contributed by atoms with E-state index in [0.29, 0.717) is 0 Å². The van der Waals surface area contributed by atoms with Crippen molar-refractivity contribution in [1.29, 1.82) is 0 Å². The van der Waals surface area contributed by atoms with Crippen molar-refractivity contribution in [3.63, 3.8) is 0 Å². The number of hydrogen-bond donors (Lipinski definition) is 2. The molecule has 3 aromatic carbocycles. The second kappa shape index (κ2) is 7.67. The summed E-state index contributed by atoms with van der Waals surface area (Å²) in [4.78, 5) is 12.6. The third-order valence-electron chi connectivity index (χ3n) is 4.06.